The lowest BCUT2D eigenvalue weighted by molar-refractivity contribution is 0.0767. The molecule has 2 aromatic rings. The second kappa shape index (κ2) is 9.27. The van der Waals surface area contributed by atoms with Crippen molar-refractivity contribution in [1.29, 1.82) is 0 Å². The van der Waals surface area contributed by atoms with Gasteiger partial charge in [-0.05, 0) is 61.7 Å². The topological polar surface area (TPSA) is 42.6 Å². The molecule has 1 aromatic heterocycles. The SMILES string of the molecule is CCC1=CCN(CCCN2CCN(c3ccc(Cl)cc3)CC2)C(=O)c2c(C)c[nH]c21. The molecule has 2 aliphatic heterocycles. The zero-order valence-electron chi connectivity index (χ0n) is 18.0. The normalized spacial score (nSPS) is 17.7. The Bertz CT molecular complexity index is 910. The van der Waals surface area contributed by atoms with Crippen LogP contribution in [0.4, 0.5) is 5.69 Å². The van der Waals surface area contributed by atoms with Gasteiger partial charge in [-0.25, -0.2) is 0 Å². The highest BCUT2D eigenvalue weighted by atomic mass is 35.5. The van der Waals surface area contributed by atoms with Crippen molar-refractivity contribution in [1.82, 2.24) is 14.8 Å². The molecule has 0 spiro atoms. The largest absolute Gasteiger partial charge is 0.369 e. The number of aryl methyl sites for hydroxylation is 1. The van der Waals surface area contributed by atoms with E-state index in [0.717, 1.165) is 74.0 Å². The van der Waals surface area contributed by atoms with Crippen molar-refractivity contribution in [3.05, 3.63) is 58.4 Å². The van der Waals surface area contributed by atoms with Gasteiger partial charge in [0.25, 0.3) is 5.91 Å². The number of allylic oxidation sites excluding steroid dienone is 1. The molecule has 4 rings (SSSR count). The summed E-state index contributed by atoms with van der Waals surface area (Å²) in [5, 5.41) is 0.781. The van der Waals surface area contributed by atoms with Crippen LogP contribution >= 0.6 is 11.6 Å². The lowest BCUT2D eigenvalue weighted by Crippen LogP contribution is -2.47. The number of nitrogens with one attached hydrogen (secondary N) is 1. The van der Waals surface area contributed by atoms with Crippen LogP contribution in [0.5, 0.6) is 0 Å². The third kappa shape index (κ3) is 4.42. The maximum absolute atomic E-state index is 13.1. The monoisotopic (exact) mass is 426 g/mol. The molecule has 0 atom stereocenters. The van der Waals surface area contributed by atoms with Gasteiger partial charge < -0.3 is 14.8 Å². The Morgan fingerprint density at radius 2 is 1.80 bits per heavy atom. The minimum Gasteiger partial charge on any atom is -0.369 e. The number of hydrogen-bond donors (Lipinski definition) is 1. The number of piperazine rings is 1. The Labute approximate surface area is 184 Å². The number of rotatable bonds is 6. The molecular weight excluding hydrogens is 396 g/mol. The first-order valence-corrected chi connectivity index (χ1v) is 11.3. The van der Waals surface area contributed by atoms with Gasteiger partial charge in [0, 0.05) is 56.2 Å². The molecule has 5 nitrogen and oxygen atoms in total. The number of halogens is 1. The predicted octanol–water partition coefficient (Wildman–Crippen LogP) is 4.44. The highest BCUT2D eigenvalue weighted by Crippen LogP contribution is 2.28. The van der Waals surface area contributed by atoms with Crippen molar-refractivity contribution in [3.63, 3.8) is 0 Å². The van der Waals surface area contributed by atoms with Crippen molar-refractivity contribution >= 4 is 28.8 Å². The average molecular weight is 427 g/mol. The van der Waals surface area contributed by atoms with Gasteiger partial charge in [-0.3, -0.25) is 9.69 Å². The molecular formula is C24H31ClN4O. The maximum atomic E-state index is 13.1. The average Bonchev–Trinajstić information content (AvgIpc) is 3.08. The Morgan fingerprint density at radius 1 is 1.07 bits per heavy atom. The Morgan fingerprint density at radius 3 is 2.50 bits per heavy atom. The van der Waals surface area contributed by atoms with Crippen molar-refractivity contribution in [2.75, 3.05) is 50.7 Å². The second-order valence-corrected chi connectivity index (χ2v) is 8.65. The summed E-state index contributed by atoms with van der Waals surface area (Å²) in [7, 11) is 0. The summed E-state index contributed by atoms with van der Waals surface area (Å²) in [5.74, 6) is 0.163. The van der Waals surface area contributed by atoms with E-state index >= 15 is 0 Å². The van der Waals surface area contributed by atoms with E-state index in [9.17, 15) is 4.79 Å². The molecule has 0 unspecified atom stereocenters. The van der Waals surface area contributed by atoms with E-state index in [1.165, 1.54) is 11.3 Å². The number of carbonyl (C=O) groups is 1. The number of nitrogens with zero attached hydrogens (tertiary/aromatic N) is 3. The fourth-order valence-electron chi connectivity index (χ4n) is 4.49. The van der Waals surface area contributed by atoms with E-state index in [0.29, 0.717) is 6.54 Å². The smallest absolute Gasteiger partial charge is 0.256 e. The van der Waals surface area contributed by atoms with Crippen LogP contribution in [0.2, 0.25) is 5.02 Å². The number of fused-ring (bicyclic) bond motifs is 1. The minimum atomic E-state index is 0.163. The number of aromatic nitrogens is 1. The first-order chi connectivity index (χ1) is 14.6. The van der Waals surface area contributed by atoms with Crippen LogP contribution < -0.4 is 4.90 Å². The van der Waals surface area contributed by atoms with E-state index in [4.69, 9.17) is 11.6 Å². The van der Waals surface area contributed by atoms with Crippen LogP contribution in [0.25, 0.3) is 5.57 Å². The number of hydrogen-bond acceptors (Lipinski definition) is 3. The zero-order valence-corrected chi connectivity index (χ0v) is 18.7. The Balaban J connectivity index is 1.29. The Hall–Kier alpha value is -2.24. The number of benzene rings is 1. The first-order valence-electron chi connectivity index (χ1n) is 11.0. The summed E-state index contributed by atoms with van der Waals surface area (Å²) in [5.41, 5.74) is 5.40. The molecule has 2 aliphatic rings. The molecule has 1 saturated heterocycles. The van der Waals surface area contributed by atoms with Gasteiger partial charge in [-0.15, -0.1) is 0 Å². The number of aromatic amines is 1. The molecule has 1 amide bonds. The van der Waals surface area contributed by atoms with Crippen molar-refractivity contribution in [2.45, 2.75) is 26.7 Å². The summed E-state index contributed by atoms with van der Waals surface area (Å²) >= 11 is 6.00. The van der Waals surface area contributed by atoms with Crippen molar-refractivity contribution in [2.24, 2.45) is 0 Å². The summed E-state index contributed by atoms with van der Waals surface area (Å²) in [6.45, 7) is 10.9. The quantitative estimate of drug-likeness (QED) is 0.742. The molecule has 160 valence electrons. The maximum Gasteiger partial charge on any atom is 0.256 e. The number of anilines is 1. The highest BCUT2D eigenvalue weighted by molar-refractivity contribution is 6.30. The van der Waals surface area contributed by atoms with Gasteiger partial charge in [0.2, 0.25) is 0 Å². The zero-order chi connectivity index (χ0) is 21.1. The second-order valence-electron chi connectivity index (χ2n) is 8.21. The lowest BCUT2D eigenvalue weighted by atomic mass is 10.0. The molecule has 0 aliphatic carbocycles. The molecule has 1 aromatic carbocycles. The van der Waals surface area contributed by atoms with Gasteiger partial charge in [0.05, 0.1) is 11.3 Å². The fraction of sp³-hybridized carbons (Fsp3) is 0.458. The summed E-state index contributed by atoms with van der Waals surface area (Å²) in [6, 6.07) is 8.10. The first kappa shape index (κ1) is 21.0. The predicted molar refractivity (Wildman–Crippen MR) is 124 cm³/mol. The third-order valence-electron chi connectivity index (χ3n) is 6.30. The van der Waals surface area contributed by atoms with Gasteiger partial charge in [-0.2, -0.15) is 0 Å². The summed E-state index contributed by atoms with van der Waals surface area (Å²) in [6.07, 6.45) is 6.10. The molecule has 1 N–H and O–H groups in total. The van der Waals surface area contributed by atoms with Crippen LogP contribution in [-0.4, -0.2) is 66.5 Å². The van der Waals surface area contributed by atoms with E-state index in [1.54, 1.807) is 0 Å². The summed E-state index contributed by atoms with van der Waals surface area (Å²) < 4.78 is 0. The number of amides is 1. The van der Waals surface area contributed by atoms with Gasteiger partial charge in [0.15, 0.2) is 0 Å². The van der Waals surface area contributed by atoms with E-state index in [-0.39, 0.29) is 5.91 Å². The third-order valence-corrected chi connectivity index (χ3v) is 6.56. The molecule has 0 radical (unpaired) electrons. The van der Waals surface area contributed by atoms with E-state index in [1.807, 2.05) is 30.2 Å². The number of H-pyrrole nitrogens is 1. The Kier molecular flexibility index (Phi) is 6.49. The molecule has 0 saturated carbocycles. The van der Waals surface area contributed by atoms with Crippen LogP contribution in [0, 0.1) is 6.92 Å². The molecule has 3 heterocycles. The molecule has 30 heavy (non-hydrogen) atoms. The highest BCUT2D eigenvalue weighted by Gasteiger charge is 2.26. The van der Waals surface area contributed by atoms with Crippen LogP contribution in [0.1, 0.15) is 41.4 Å². The standard InChI is InChI=1S/C24H31ClN4O/c1-3-19-9-12-29(24(30)22-18(2)17-26-23(19)22)11-4-10-27-13-15-28(16-14-27)21-7-5-20(25)6-8-21/h5-9,17,26H,3-4,10-16H2,1-2H3. The van der Waals surface area contributed by atoms with E-state index < -0.39 is 0 Å². The van der Waals surface area contributed by atoms with Gasteiger partial charge >= 0.3 is 0 Å². The number of carbonyl (C=O) groups excluding carboxylic acids is 1. The summed E-state index contributed by atoms with van der Waals surface area (Å²) in [4.78, 5) is 23.4. The molecule has 1 fully saturated rings. The van der Waals surface area contributed by atoms with E-state index in [2.05, 4.69) is 39.9 Å². The van der Waals surface area contributed by atoms with Crippen LogP contribution in [0.15, 0.2) is 36.5 Å². The minimum absolute atomic E-state index is 0.163. The fourth-order valence-corrected chi connectivity index (χ4v) is 4.62. The molecule has 0 bridgehead atoms. The van der Waals surface area contributed by atoms with Gasteiger partial charge in [-0.1, -0.05) is 24.6 Å². The van der Waals surface area contributed by atoms with Crippen molar-refractivity contribution in [3.8, 4) is 0 Å². The van der Waals surface area contributed by atoms with Crippen LogP contribution in [0.3, 0.4) is 0 Å². The van der Waals surface area contributed by atoms with Crippen molar-refractivity contribution < 1.29 is 4.79 Å². The van der Waals surface area contributed by atoms with Gasteiger partial charge in [0.1, 0.15) is 0 Å². The lowest BCUT2D eigenvalue weighted by Gasteiger charge is -2.36. The van der Waals surface area contributed by atoms with Crippen LogP contribution in [-0.2, 0) is 0 Å². The molecule has 6 heteroatoms.